The molecule has 7 heteroatoms. The van der Waals surface area contributed by atoms with Gasteiger partial charge in [0.05, 0.1) is 39.6 Å². The van der Waals surface area contributed by atoms with Gasteiger partial charge in [0.15, 0.2) is 0 Å². The van der Waals surface area contributed by atoms with Gasteiger partial charge in [-0.2, -0.15) is 0 Å². The van der Waals surface area contributed by atoms with Gasteiger partial charge < -0.3 is 27.5 Å². The van der Waals surface area contributed by atoms with Gasteiger partial charge in [-0.1, -0.05) is 6.08 Å². The highest BCUT2D eigenvalue weighted by Crippen LogP contribution is 2.20. The minimum Gasteiger partial charge on any atom is -0.382 e. The van der Waals surface area contributed by atoms with Crippen molar-refractivity contribution in [2.24, 2.45) is 0 Å². The first-order valence-corrected chi connectivity index (χ1v) is 9.67. The van der Waals surface area contributed by atoms with Gasteiger partial charge >= 0.3 is 8.80 Å². The number of unbranched alkanes of at least 4 members (excludes halogenated alkanes) is 2. The van der Waals surface area contributed by atoms with Crippen molar-refractivity contribution in [3.8, 4) is 0 Å². The molecule has 0 aromatic heterocycles. The summed E-state index contributed by atoms with van der Waals surface area (Å²) in [4.78, 5) is 0. The lowest BCUT2D eigenvalue weighted by Gasteiger charge is -2.29. The van der Waals surface area contributed by atoms with E-state index in [9.17, 15) is 0 Å². The maximum absolute atomic E-state index is 5.98. The molecule has 0 rings (SSSR count). The lowest BCUT2D eigenvalue weighted by Crippen LogP contribution is -2.47. The number of hydrogen-bond donors (Lipinski definition) is 0. The van der Waals surface area contributed by atoms with Crippen molar-refractivity contribution in [3.63, 3.8) is 0 Å². The fourth-order valence-corrected chi connectivity index (χ4v) is 4.36. The first kappa shape index (κ1) is 21.7. The van der Waals surface area contributed by atoms with Gasteiger partial charge in [0, 0.05) is 27.4 Å². The molecule has 22 heavy (non-hydrogen) atoms. The monoisotopic (exact) mass is 336 g/mol. The third kappa shape index (κ3) is 11.3. The zero-order chi connectivity index (χ0) is 16.5. The van der Waals surface area contributed by atoms with E-state index in [2.05, 4.69) is 6.58 Å². The third-order valence-electron chi connectivity index (χ3n) is 2.97. The van der Waals surface area contributed by atoms with E-state index in [4.69, 9.17) is 27.5 Å². The van der Waals surface area contributed by atoms with Gasteiger partial charge in [-0.25, -0.2) is 0 Å². The molecule has 0 aromatic rings. The lowest BCUT2D eigenvalue weighted by atomic mass is 10.2. The molecule has 0 aromatic carbocycles. The van der Waals surface area contributed by atoms with Crippen LogP contribution in [0.25, 0.3) is 0 Å². The van der Waals surface area contributed by atoms with Crippen LogP contribution >= 0.6 is 0 Å². The van der Waals surface area contributed by atoms with Gasteiger partial charge in [-0.05, 0) is 19.3 Å². The van der Waals surface area contributed by atoms with Crippen molar-refractivity contribution in [2.75, 3.05) is 61.0 Å². The van der Waals surface area contributed by atoms with Crippen LogP contribution in [0.2, 0.25) is 6.04 Å². The van der Waals surface area contributed by atoms with Crippen LogP contribution in [-0.2, 0) is 27.5 Å². The molecule has 0 fully saturated rings. The first-order chi connectivity index (χ1) is 10.7. The van der Waals surface area contributed by atoms with Gasteiger partial charge in [0.1, 0.15) is 0 Å². The molecule has 0 spiro atoms. The van der Waals surface area contributed by atoms with E-state index >= 15 is 0 Å². The lowest BCUT2D eigenvalue weighted by molar-refractivity contribution is 0.0143. The second-order valence-electron chi connectivity index (χ2n) is 4.74. The molecule has 0 atom stereocenters. The highest BCUT2D eigenvalue weighted by Gasteiger charge is 2.40. The zero-order valence-electron chi connectivity index (χ0n) is 14.3. The van der Waals surface area contributed by atoms with Crippen molar-refractivity contribution in [2.45, 2.75) is 25.3 Å². The maximum atomic E-state index is 5.98. The van der Waals surface area contributed by atoms with Crippen LogP contribution in [0.1, 0.15) is 19.3 Å². The largest absolute Gasteiger partial charge is 0.501 e. The molecular weight excluding hydrogens is 304 g/mol. The highest BCUT2D eigenvalue weighted by molar-refractivity contribution is 6.60. The number of allylic oxidation sites excluding steroid dienone is 1. The molecule has 0 aliphatic rings. The Hall–Kier alpha value is -0.283. The molecular formula is C15H32O6Si. The van der Waals surface area contributed by atoms with Crippen molar-refractivity contribution in [3.05, 3.63) is 12.7 Å². The number of methoxy groups -OCH3 is 3. The summed E-state index contributed by atoms with van der Waals surface area (Å²) in [5.74, 6) is 0. The predicted octanol–water partition coefficient (Wildman–Crippen LogP) is 2.27. The molecule has 0 saturated carbocycles. The predicted molar refractivity (Wildman–Crippen MR) is 88.1 cm³/mol. The molecule has 0 aliphatic carbocycles. The summed E-state index contributed by atoms with van der Waals surface area (Å²) in [6.07, 6.45) is 4.93. The summed E-state index contributed by atoms with van der Waals surface area (Å²) >= 11 is 0. The van der Waals surface area contributed by atoms with Crippen LogP contribution in [0.5, 0.6) is 0 Å². The molecule has 0 N–H and O–H groups in total. The quantitative estimate of drug-likeness (QED) is 0.231. The van der Waals surface area contributed by atoms with E-state index in [1.165, 1.54) is 0 Å². The Kier molecular flexibility index (Phi) is 15.4. The number of rotatable bonds is 17. The van der Waals surface area contributed by atoms with Crippen LogP contribution < -0.4 is 0 Å². The molecule has 0 heterocycles. The molecule has 0 radical (unpaired) electrons. The van der Waals surface area contributed by atoms with Crippen LogP contribution in [0.3, 0.4) is 0 Å². The van der Waals surface area contributed by atoms with Gasteiger partial charge in [-0.3, -0.25) is 0 Å². The van der Waals surface area contributed by atoms with Crippen LogP contribution in [-0.4, -0.2) is 69.8 Å². The van der Waals surface area contributed by atoms with Crippen LogP contribution in [0, 0.1) is 0 Å². The van der Waals surface area contributed by atoms with E-state index in [0.717, 1.165) is 25.3 Å². The smallest absolute Gasteiger partial charge is 0.382 e. The van der Waals surface area contributed by atoms with E-state index in [1.807, 2.05) is 6.08 Å². The normalized spacial score (nSPS) is 11.8. The van der Waals surface area contributed by atoms with Crippen molar-refractivity contribution in [1.29, 1.82) is 0 Å². The molecule has 0 unspecified atom stereocenters. The summed E-state index contributed by atoms with van der Waals surface area (Å²) in [6, 6.07) is 0.776. The van der Waals surface area contributed by atoms with Gasteiger partial charge in [-0.15, -0.1) is 6.58 Å². The standard InChI is InChI=1S/C15H32O6Si/c1-5-6-7-8-15-22(19-12-9-16-2,20-13-10-17-3)21-14-11-18-4/h5H,1,6-15H2,2-4H3. The topological polar surface area (TPSA) is 55.4 Å². The highest BCUT2D eigenvalue weighted by atomic mass is 28.4. The van der Waals surface area contributed by atoms with E-state index < -0.39 is 8.80 Å². The first-order valence-electron chi connectivity index (χ1n) is 7.74. The fraction of sp³-hybridized carbons (Fsp3) is 0.867. The Morgan fingerprint density at radius 3 is 1.55 bits per heavy atom. The fourth-order valence-electron chi connectivity index (χ4n) is 1.81. The second kappa shape index (κ2) is 15.6. The molecule has 0 saturated heterocycles. The summed E-state index contributed by atoms with van der Waals surface area (Å²) < 4.78 is 33.1. The summed E-state index contributed by atoms with van der Waals surface area (Å²) in [6.45, 7) is 6.68. The van der Waals surface area contributed by atoms with E-state index in [1.54, 1.807) is 21.3 Å². The Labute approximate surface area is 136 Å². The molecule has 6 nitrogen and oxygen atoms in total. The summed E-state index contributed by atoms with van der Waals surface area (Å²) in [7, 11) is 2.21. The average Bonchev–Trinajstić information content (AvgIpc) is 2.52. The van der Waals surface area contributed by atoms with Crippen LogP contribution in [0.4, 0.5) is 0 Å². The zero-order valence-corrected chi connectivity index (χ0v) is 15.3. The molecule has 132 valence electrons. The van der Waals surface area contributed by atoms with Gasteiger partial charge in [0.25, 0.3) is 0 Å². The number of ether oxygens (including phenoxy) is 3. The average molecular weight is 337 g/mol. The molecule has 0 aliphatic heterocycles. The number of hydrogen-bond acceptors (Lipinski definition) is 6. The van der Waals surface area contributed by atoms with Crippen molar-refractivity contribution >= 4 is 8.80 Å². The Morgan fingerprint density at radius 1 is 0.727 bits per heavy atom. The Balaban J connectivity index is 4.56. The second-order valence-corrected chi connectivity index (χ2v) is 7.47. The molecule has 0 amide bonds. The minimum absolute atomic E-state index is 0.462. The minimum atomic E-state index is -2.73. The van der Waals surface area contributed by atoms with Crippen molar-refractivity contribution < 1.29 is 27.5 Å². The van der Waals surface area contributed by atoms with Crippen molar-refractivity contribution in [1.82, 2.24) is 0 Å². The maximum Gasteiger partial charge on any atom is 0.501 e. The van der Waals surface area contributed by atoms with Crippen LogP contribution in [0.15, 0.2) is 12.7 Å². The summed E-state index contributed by atoms with van der Waals surface area (Å²) in [5.41, 5.74) is 0. The van der Waals surface area contributed by atoms with Gasteiger partial charge in [0.2, 0.25) is 0 Å². The molecule has 0 bridgehead atoms. The third-order valence-corrected chi connectivity index (χ3v) is 5.87. The van der Waals surface area contributed by atoms with E-state index in [-0.39, 0.29) is 0 Å². The Bertz CT molecular complexity index is 226. The summed E-state index contributed by atoms with van der Waals surface area (Å²) in [5, 5.41) is 0. The Morgan fingerprint density at radius 2 is 1.18 bits per heavy atom. The van der Waals surface area contributed by atoms with E-state index in [0.29, 0.717) is 39.6 Å². The SMILES string of the molecule is C=CCCCC[Si](OCCOC)(OCCOC)OCCOC.